The number of hydroxylamine groups is 1. The first-order valence-electron chi connectivity index (χ1n) is 3.67. The largest absolute Gasteiger partial charge is 0.592 e. The molecule has 6 heteroatoms. The number of hydrogen-bond acceptors (Lipinski definition) is 5. The molecular weight excluding hydrogens is 172 g/mol. The van der Waals surface area contributed by atoms with Gasteiger partial charge in [-0.3, -0.25) is 4.99 Å². The Balaban J connectivity index is 2.32. The molecule has 2 rings (SSSR count). The Morgan fingerprint density at radius 3 is 3.00 bits per heavy atom. The lowest BCUT2D eigenvalue weighted by Crippen LogP contribution is -2.11. The summed E-state index contributed by atoms with van der Waals surface area (Å²) in [4.78, 5) is 14.8. The summed E-state index contributed by atoms with van der Waals surface area (Å²) in [6.07, 6.45) is 4.72. The molecule has 0 aromatic rings. The van der Waals surface area contributed by atoms with E-state index in [0.717, 1.165) is 0 Å². The summed E-state index contributed by atoms with van der Waals surface area (Å²) < 4.78 is 0. The van der Waals surface area contributed by atoms with Crippen LogP contribution in [0.3, 0.4) is 0 Å². The molecule has 1 amide bonds. The number of rotatable bonds is 0. The molecule has 2 aliphatic rings. The zero-order chi connectivity index (χ0) is 9.26. The molecule has 0 aliphatic carbocycles. The molecular formula is C7H6N4O2. The number of carbonyl (C=O) groups excluding carboxylic acids is 1. The SMILES string of the molecule is O=C1CC(=C2C=NC=CN2)N=[N+]1[O-]. The average molecular weight is 178 g/mol. The maximum Gasteiger partial charge on any atom is 0.429 e. The van der Waals surface area contributed by atoms with Crippen LogP contribution in [0.5, 0.6) is 0 Å². The van der Waals surface area contributed by atoms with Crippen molar-refractivity contribution in [1.82, 2.24) is 5.32 Å². The molecule has 0 saturated carbocycles. The van der Waals surface area contributed by atoms with Crippen LogP contribution in [0, 0.1) is 5.21 Å². The van der Waals surface area contributed by atoms with E-state index < -0.39 is 5.91 Å². The van der Waals surface area contributed by atoms with Crippen LogP contribution in [0.1, 0.15) is 6.42 Å². The number of nitrogens with zero attached hydrogens (tertiary/aromatic N) is 3. The maximum absolute atomic E-state index is 10.8. The van der Waals surface area contributed by atoms with Crippen LogP contribution < -0.4 is 5.32 Å². The van der Waals surface area contributed by atoms with E-state index >= 15 is 0 Å². The minimum absolute atomic E-state index is 0.0334. The molecule has 6 nitrogen and oxygen atoms in total. The number of amides is 1. The minimum Gasteiger partial charge on any atom is -0.592 e. The van der Waals surface area contributed by atoms with E-state index in [9.17, 15) is 10.0 Å². The fraction of sp³-hybridized carbons (Fsp3) is 0.143. The lowest BCUT2D eigenvalue weighted by atomic mass is 10.2. The lowest BCUT2D eigenvalue weighted by Gasteiger charge is -2.03. The summed E-state index contributed by atoms with van der Waals surface area (Å²) in [7, 11) is 0. The van der Waals surface area contributed by atoms with Crippen LogP contribution in [0.25, 0.3) is 0 Å². The summed E-state index contributed by atoms with van der Waals surface area (Å²) >= 11 is 0. The van der Waals surface area contributed by atoms with Crippen LogP contribution >= 0.6 is 0 Å². The van der Waals surface area contributed by atoms with Gasteiger partial charge < -0.3 is 10.5 Å². The third-order valence-corrected chi connectivity index (χ3v) is 1.66. The molecule has 0 atom stereocenters. The lowest BCUT2D eigenvalue weighted by molar-refractivity contribution is -0.437. The standard InChI is InChI=1S/C7H6N4O2/c12-7-3-5(10-11(7)13)6-4-8-1-2-9-6/h1-2,4,9H,3H2. The summed E-state index contributed by atoms with van der Waals surface area (Å²) in [5.41, 5.74) is 1.02. The molecule has 0 aromatic heterocycles. The summed E-state index contributed by atoms with van der Waals surface area (Å²) in [5, 5.41) is 17.1. The van der Waals surface area contributed by atoms with Crippen molar-refractivity contribution in [1.29, 1.82) is 0 Å². The first-order valence-corrected chi connectivity index (χ1v) is 3.67. The average Bonchev–Trinajstić information content (AvgIpc) is 2.49. The highest BCUT2D eigenvalue weighted by Gasteiger charge is 2.27. The highest BCUT2D eigenvalue weighted by molar-refractivity contribution is 5.83. The van der Waals surface area contributed by atoms with Crippen LogP contribution in [-0.4, -0.2) is 17.0 Å². The van der Waals surface area contributed by atoms with Crippen molar-refractivity contribution in [2.75, 3.05) is 0 Å². The molecule has 0 spiro atoms. The molecule has 0 saturated heterocycles. The van der Waals surface area contributed by atoms with Gasteiger partial charge in [0.05, 0.1) is 11.9 Å². The smallest absolute Gasteiger partial charge is 0.429 e. The highest BCUT2D eigenvalue weighted by Crippen LogP contribution is 2.16. The number of hydrogen-bond donors (Lipinski definition) is 1. The number of allylic oxidation sites excluding steroid dienone is 1. The number of azo groups is 1. The zero-order valence-corrected chi connectivity index (χ0v) is 6.60. The van der Waals surface area contributed by atoms with E-state index in [0.29, 0.717) is 11.4 Å². The molecule has 2 aliphatic heterocycles. The van der Waals surface area contributed by atoms with Gasteiger partial charge in [-0.15, -0.1) is 0 Å². The van der Waals surface area contributed by atoms with Crippen LogP contribution in [0.4, 0.5) is 0 Å². The Hall–Kier alpha value is -1.98. The summed E-state index contributed by atoms with van der Waals surface area (Å²) in [5.74, 6) is -0.549. The van der Waals surface area contributed by atoms with E-state index in [1.165, 1.54) is 6.21 Å². The van der Waals surface area contributed by atoms with Crippen LogP contribution in [0.15, 0.2) is 33.9 Å². The van der Waals surface area contributed by atoms with Crippen molar-refractivity contribution in [2.45, 2.75) is 6.42 Å². The van der Waals surface area contributed by atoms with Gasteiger partial charge in [0, 0.05) is 17.5 Å². The second kappa shape index (κ2) is 2.81. The topological polar surface area (TPSA) is 79.9 Å². The Morgan fingerprint density at radius 2 is 2.46 bits per heavy atom. The highest BCUT2D eigenvalue weighted by atomic mass is 16.5. The van der Waals surface area contributed by atoms with E-state index in [4.69, 9.17) is 0 Å². The second-order valence-corrected chi connectivity index (χ2v) is 2.54. The first-order chi connectivity index (χ1) is 6.27. The van der Waals surface area contributed by atoms with Crippen LogP contribution in [0.2, 0.25) is 0 Å². The van der Waals surface area contributed by atoms with Crippen molar-refractivity contribution < 1.29 is 9.66 Å². The Kier molecular flexibility index (Phi) is 1.66. The molecule has 0 aromatic carbocycles. The van der Waals surface area contributed by atoms with Gasteiger partial charge in [-0.2, -0.15) is 0 Å². The van der Waals surface area contributed by atoms with Gasteiger partial charge in [0.2, 0.25) is 0 Å². The summed E-state index contributed by atoms with van der Waals surface area (Å²) in [6, 6.07) is 0. The second-order valence-electron chi connectivity index (χ2n) is 2.54. The number of nitrogens with one attached hydrogen (secondary N) is 1. The van der Waals surface area contributed by atoms with Gasteiger partial charge in [-0.1, -0.05) is 0 Å². The van der Waals surface area contributed by atoms with Gasteiger partial charge in [-0.05, 0) is 4.86 Å². The quantitative estimate of drug-likeness (QED) is 0.426. The number of carbonyl (C=O) groups is 1. The third-order valence-electron chi connectivity index (χ3n) is 1.66. The van der Waals surface area contributed by atoms with E-state index in [-0.39, 0.29) is 11.3 Å². The Morgan fingerprint density at radius 1 is 1.62 bits per heavy atom. The van der Waals surface area contributed by atoms with Crippen molar-refractivity contribution in [3.8, 4) is 0 Å². The summed E-state index contributed by atoms with van der Waals surface area (Å²) in [6.45, 7) is 0. The van der Waals surface area contributed by atoms with Gasteiger partial charge in [0.15, 0.2) is 0 Å². The minimum atomic E-state index is -0.549. The maximum atomic E-state index is 10.8. The van der Waals surface area contributed by atoms with Crippen molar-refractivity contribution in [2.24, 2.45) is 10.1 Å². The first kappa shape index (κ1) is 7.66. The fourth-order valence-electron chi connectivity index (χ4n) is 1.04. The molecule has 0 unspecified atom stereocenters. The molecule has 0 bridgehead atoms. The fourth-order valence-corrected chi connectivity index (χ4v) is 1.04. The normalized spacial score (nSPS) is 26.2. The molecule has 0 fully saturated rings. The van der Waals surface area contributed by atoms with Crippen molar-refractivity contribution in [3.05, 3.63) is 29.0 Å². The van der Waals surface area contributed by atoms with Gasteiger partial charge in [0.25, 0.3) is 0 Å². The Labute approximate surface area is 73.5 Å². The molecule has 1 N–H and O–H groups in total. The molecule has 13 heavy (non-hydrogen) atoms. The van der Waals surface area contributed by atoms with Gasteiger partial charge >= 0.3 is 5.91 Å². The Bertz CT molecular complexity index is 378. The van der Waals surface area contributed by atoms with Gasteiger partial charge in [-0.25, -0.2) is 4.79 Å². The number of aliphatic imine (C=N–C) groups is 1. The van der Waals surface area contributed by atoms with Gasteiger partial charge in [0.1, 0.15) is 12.1 Å². The van der Waals surface area contributed by atoms with Crippen molar-refractivity contribution in [3.63, 3.8) is 0 Å². The zero-order valence-electron chi connectivity index (χ0n) is 6.60. The predicted octanol–water partition coefficient (Wildman–Crippen LogP) is 0.236. The predicted molar refractivity (Wildman–Crippen MR) is 43.5 cm³/mol. The molecule has 66 valence electrons. The monoisotopic (exact) mass is 178 g/mol. The van der Waals surface area contributed by atoms with E-state index in [2.05, 4.69) is 15.4 Å². The molecule has 0 radical (unpaired) electrons. The van der Waals surface area contributed by atoms with Crippen molar-refractivity contribution >= 4 is 12.1 Å². The van der Waals surface area contributed by atoms with Crippen LogP contribution in [-0.2, 0) is 4.79 Å². The van der Waals surface area contributed by atoms with E-state index in [1.54, 1.807) is 12.4 Å². The third kappa shape index (κ3) is 1.33. The molecule has 2 heterocycles. The van der Waals surface area contributed by atoms with E-state index in [1.807, 2.05) is 0 Å².